The molecular formula is C15H17N3O3. The third-order valence-electron chi connectivity index (χ3n) is 5.12. The second-order valence-corrected chi connectivity index (χ2v) is 6.43. The van der Waals surface area contributed by atoms with Gasteiger partial charge in [0.15, 0.2) is 0 Å². The number of benzene rings is 1. The quantitative estimate of drug-likeness (QED) is 0.661. The number of hydrogen-bond acceptors (Lipinski definition) is 4. The number of hydrogen-bond donors (Lipinski definition) is 2. The van der Waals surface area contributed by atoms with Gasteiger partial charge in [-0.15, -0.1) is 0 Å². The molecule has 0 aromatic heterocycles. The maximum Gasteiger partial charge on any atom is 0.292 e. The number of carbonyl (C=O) groups excluding carboxylic acids is 1. The summed E-state index contributed by atoms with van der Waals surface area (Å²) in [6, 6.07) is 3.59. The van der Waals surface area contributed by atoms with E-state index in [2.05, 4.69) is 10.6 Å². The van der Waals surface area contributed by atoms with Gasteiger partial charge in [-0.25, -0.2) is 0 Å². The highest BCUT2D eigenvalue weighted by Gasteiger charge is 2.40. The molecule has 2 bridgehead atoms. The van der Waals surface area contributed by atoms with Crippen LogP contribution in [0, 0.1) is 22.0 Å². The van der Waals surface area contributed by atoms with E-state index < -0.39 is 0 Å². The number of fused-ring (bicyclic) bond motifs is 3. The summed E-state index contributed by atoms with van der Waals surface area (Å²) in [6.45, 7) is 0. The van der Waals surface area contributed by atoms with Gasteiger partial charge >= 0.3 is 0 Å². The van der Waals surface area contributed by atoms with Crippen LogP contribution in [0.4, 0.5) is 17.1 Å². The first kappa shape index (κ1) is 12.6. The monoisotopic (exact) mass is 287 g/mol. The van der Waals surface area contributed by atoms with Crippen molar-refractivity contribution in [3.05, 3.63) is 27.8 Å². The zero-order valence-electron chi connectivity index (χ0n) is 11.6. The van der Waals surface area contributed by atoms with E-state index in [0.29, 0.717) is 28.9 Å². The summed E-state index contributed by atoms with van der Waals surface area (Å²) in [5.74, 6) is 1.31. The molecule has 0 spiro atoms. The fraction of sp³-hybridized carbons (Fsp3) is 0.533. The summed E-state index contributed by atoms with van der Waals surface area (Å²) in [5, 5.41) is 17.4. The van der Waals surface area contributed by atoms with E-state index in [4.69, 9.17) is 0 Å². The van der Waals surface area contributed by atoms with Gasteiger partial charge in [0, 0.05) is 17.8 Å². The average Bonchev–Trinajstić information content (AvgIpc) is 3.11. The SMILES string of the molecule is O=C1Cc2cc([N+](=O)[O-])c(NC3CC4CCC3C4)cc2N1. The number of rotatable bonds is 3. The van der Waals surface area contributed by atoms with Crippen LogP contribution in [0.5, 0.6) is 0 Å². The van der Waals surface area contributed by atoms with Gasteiger partial charge in [0.25, 0.3) is 5.69 Å². The molecule has 4 rings (SSSR count). The summed E-state index contributed by atoms with van der Waals surface area (Å²) in [4.78, 5) is 22.4. The fourth-order valence-electron chi connectivity index (χ4n) is 4.15. The minimum Gasteiger partial charge on any atom is -0.376 e. The molecule has 1 amide bonds. The van der Waals surface area contributed by atoms with Crippen molar-refractivity contribution in [2.75, 3.05) is 10.6 Å². The minimum atomic E-state index is -0.362. The summed E-state index contributed by atoms with van der Waals surface area (Å²) >= 11 is 0. The molecule has 0 saturated heterocycles. The van der Waals surface area contributed by atoms with Crippen molar-refractivity contribution in [3.8, 4) is 0 Å². The number of nitro groups is 1. The molecule has 1 heterocycles. The highest BCUT2D eigenvalue weighted by molar-refractivity contribution is 6.00. The van der Waals surface area contributed by atoms with Gasteiger partial charge in [0.1, 0.15) is 5.69 Å². The summed E-state index contributed by atoms with van der Waals surface area (Å²) in [7, 11) is 0. The van der Waals surface area contributed by atoms with Crippen molar-refractivity contribution in [1.82, 2.24) is 0 Å². The lowest BCUT2D eigenvalue weighted by molar-refractivity contribution is -0.384. The highest BCUT2D eigenvalue weighted by Crippen LogP contribution is 2.46. The van der Waals surface area contributed by atoms with Gasteiger partial charge in [-0.05, 0) is 42.7 Å². The largest absolute Gasteiger partial charge is 0.376 e. The third kappa shape index (κ3) is 2.05. The zero-order chi connectivity index (χ0) is 14.6. The molecule has 110 valence electrons. The molecule has 21 heavy (non-hydrogen) atoms. The Labute approximate surface area is 122 Å². The van der Waals surface area contributed by atoms with Crippen LogP contribution in [0.3, 0.4) is 0 Å². The molecule has 1 aromatic carbocycles. The Morgan fingerprint density at radius 1 is 1.29 bits per heavy atom. The first-order valence-electron chi connectivity index (χ1n) is 7.48. The van der Waals surface area contributed by atoms with Crippen LogP contribution >= 0.6 is 0 Å². The first-order valence-corrected chi connectivity index (χ1v) is 7.48. The fourth-order valence-corrected chi connectivity index (χ4v) is 4.15. The van der Waals surface area contributed by atoms with Gasteiger partial charge < -0.3 is 10.6 Å². The van der Waals surface area contributed by atoms with Crippen molar-refractivity contribution >= 4 is 23.0 Å². The molecule has 2 N–H and O–H groups in total. The Balaban J connectivity index is 1.66. The Kier molecular flexibility index (Phi) is 2.67. The molecule has 3 atom stereocenters. The minimum absolute atomic E-state index is 0.0769. The Bertz CT molecular complexity index is 643. The molecule has 3 aliphatic rings. The van der Waals surface area contributed by atoms with Gasteiger partial charge in [0.2, 0.25) is 5.91 Å². The van der Waals surface area contributed by atoms with Gasteiger partial charge in [0.05, 0.1) is 11.3 Å². The molecule has 2 aliphatic carbocycles. The van der Waals surface area contributed by atoms with E-state index in [-0.39, 0.29) is 22.9 Å². The Hall–Kier alpha value is -2.11. The highest BCUT2D eigenvalue weighted by atomic mass is 16.6. The molecular weight excluding hydrogens is 270 g/mol. The van der Waals surface area contributed by atoms with Crippen molar-refractivity contribution in [2.24, 2.45) is 11.8 Å². The van der Waals surface area contributed by atoms with Crippen molar-refractivity contribution in [3.63, 3.8) is 0 Å². The molecule has 2 fully saturated rings. The van der Waals surface area contributed by atoms with Crippen LogP contribution in [-0.2, 0) is 11.2 Å². The smallest absolute Gasteiger partial charge is 0.292 e. The normalized spacial score (nSPS) is 29.3. The van der Waals surface area contributed by atoms with E-state index in [9.17, 15) is 14.9 Å². The van der Waals surface area contributed by atoms with Crippen molar-refractivity contribution in [2.45, 2.75) is 38.1 Å². The van der Waals surface area contributed by atoms with Crippen LogP contribution in [0.15, 0.2) is 12.1 Å². The number of nitrogens with one attached hydrogen (secondary N) is 2. The molecule has 3 unspecified atom stereocenters. The van der Waals surface area contributed by atoms with Crippen molar-refractivity contribution in [1.29, 1.82) is 0 Å². The van der Waals surface area contributed by atoms with E-state index in [1.54, 1.807) is 6.07 Å². The standard InChI is InChI=1S/C15H17N3O3/c19-15-6-10-5-14(18(20)21)13(7-12(10)17-15)16-11-4-8-1-2-9(11)3-8/h5,7-9,11,16H,1-4,6H2,(H,17,19). The van der Waals surface area contributed by atoms with Crippen LogP contribution in [0.25, 0.3) is 0 Å². The Morgan fingerprint density at radius 2 is 2.14 bits per heavy atom. The molecule has 6 nitrogen and oxygen atoms in total. The van der Waals surface area contributed by atoms with Crippen molar-refractivity contribution < 1.29 is 9.72 Å². The second kappa shape index (κ2) is 4.44. The molecule has 1 aromatic rings. The zero-order valence-corrected chi connectivity index (χ0v) is 11.6. The van der Waals surface area contributed by atoms with Gasteiger partial charge in [-0.1, -0.05) is 6.42 Å². The van der Waals surface area contributed by atoms with E-state index in [0.717, 1.165) is 12.3 Å². The molecule has 0 radical (unpaired) electrons. The van der Waals surface area contributed by atoms with Gasteiger partial charge in [-0.3, -0.25) is 14.9 Å². The van der Waals surface area contributed by atoms with E-state index in [1.807, 2.05) is 0 Å². The average molecular weight is 287 g/mol. The lowest BCUT2D eigenvalue weighted by Crippen LogP contribution is -2.26. The molecule has 1 aliphatic heterocycles. The van der Waals surface area contributed by atoms with Crippen LogP contribution in [0.1, 0.15) is 31.2 Å². The lowest BCUT2D eigenvalue weighted by atomic mass is 9.95. The van der Waals surface area contributed by atoms with E-state index >= 15 is 0 Å². The topological polar surface area (TPSA) is 84.3 Å². The molecule has 6 heteroatoms. The Morgan fingerprint density at radius 3 is 2.81 bits per heavy atom. The molecule has 2 saturated carbocycles. The predicted octanol–water partition coefficient (Wildman–Crippen LogP) is 2.69. The van der Waals surface area contributed by atoms with E-state index in [1.165, 1.54) is 25.3 Å². The van der Waals surface area contributed by atoms with Gasteiger partial charge in [-0.2, -0.15) is 0 Å². The summed E-state index contributed by atoms with van der Waals surface area (Å²) in [5.41, 5.74) is 2.04. The maximum absolute atomic E-state index is 11.4. The number of nitrogens with zero attached hydrogens (tertiary/aromatic N) is 1. The van der Waals surface area contributed by atoms with Crippen LogP contribution < -0.4 is 10.6 Å². The maximum atomic E-state index is 11.4. The number of carbonyl (C=O) groups is 1. The van der Waals surface area contributed by atoms with Crippen LogP contribution in [0.2, 0.25) is 0 Å². The summed E-state index contributed by atoms with van der Waals surface area (Å²) < 4.78 is 0. The van der Waals surface area contributed by atoms with Crippen LogP contribution in [-0.4, -0.2) is 16.9 Å². The number of amides is 1. The number of anilines is 2. The number of nitro benzene ring substituents is 1. The predicted molar refractivity (Wildman–Crippen MR) is 78.3 cm³/mol. The third-order valence-corrected chi connectivity index (χ3v) is 5.12. The first-order chi connectivity index (χ1) is 10.1. The lowest BCUT2D eigenvalue weighted by Gasteiger charge is -2.24. The summed E-state index contributed by atoms with van der Waals surface area (Å²) in [6.07, 6.45) is 5.09. The second-order valence-electron chi connectivity index (χ2n) is 6.43.